The molecule has 0 unspecified atom stereocenters. The van der Waals surface area contributed by atoms with Crippen molar-refractivity contribution in [1.82, 2.24) is 5.32 Å². The summed E-state index contributed by atoms with van der Waals surface area (Å²) in [6, 6.07) is 0.594. The minimum Gasteiger partial charge on any atom is -0.291 e. The molecule has 0 aromatic heterocycles. The van der Waals surface area contributed by atoms with E-state index in [9.17, 15) is 0 Å². The molecule has 0 aromatic rings. The van der Waals surface area contributed by atoms with E-state index in [1.54, 1.807) is 0 Å². The van der Waals surface area contributed by atoms with Gasteiger partial charge < -0.3 is 0 Å². The molecular weight excluding hydrogens is 150 g/mol. The van der Waals surface area contributed by atoms with Crippen LogP contribution in [0.2, 0.25) is 0 Å². The summed E-state index contributed by atoms with van der Waals surface area (Å²) < 4.78 is 1.96. The van der Waals surface area contributed by atoms with E-state index in [1.165, 1.54) is 12.8 Å². The first-order valence-corrected chi connectivity index (χ1v) is 4.35. The Bertz CT molecular complexity index is 220. The highest BCUT2D eigenvalue weighted by molar-refractivity contribution is 5.73. The average molecular weight is 166 g/mol. The molecule has 0 amide bonds. The second-order valence-corrected chi connectivity index (χ2v) is 3.02. The molecule has 0 saturated heterocycles. The summed E-state index contributed by atoms with van der Waals surface area (Å²) in [6.07, 6.45) is 7.66. The molecule has 3 N–H and O–H groups in total. The molecule has 0 radical (unpaired) electrons. The second kappa shape index (κ2) is 4.01. The van der Waals surface area contributed by atoms with Crippen molar-refractivity contribution in [2.24, 2.45) is 5.73 Å². The number of hydrogen-bond acceptors (Lipinski definition) is 0. The van der Waals surface area contributed by atoms with Gasteiger partial charge in [-0.15, -0.1) is 6.42 Å². The predicted molar refractivity (Wildman–Crippen MR) is 49.9 cm³/mol. The van der Waals surface area contributed by atoms with Gasteiger partial charge in [-0.2, -0.15) is 0 Å². The van der Waals surface area contributed by atoms with E-state index in [0.717, 1.165) is 12.5 Å². The van der Waals surface area contributed by atoms with E-state index >= 15 is 0 Å². The van der Waals surface area contributed by atoms with Crippen molar-refractivity contribution in [2.45, 2.75) is 25.8 Å². The maximum absolute atomic E-state index is 5.79. The quantitative estimate of drug-likeness (QED) is 0.262. The van der Waals surface area contributed by atoms with Crippen LogP contribution < -0.4 is 11.1 Å². The zero-order valence-corrected chi connectivity index (χ0v) is 7.51. The Morgan fingerprint density at radius 3 is 2.83 bits per heavy atom. The number of terminal acetylenes is 1. The third-order valence-corrected chi connectivity index (χ3v) is 1.93. The minimum absolute atomic E-state index is 0.585. The number of nitrogens with one attached hydrogen (secondary N) is 1. The van der Waals surface area contributed by atoms with Crippen LogP contribution in [0.1, 0.15) is 19.8 Å². The average Bonchev–Trinajstić information content (AvgIpc) is 2.83. The summed E-state index contributed by atoms with van der Waals surface area (Å²) >= 11 is 0. The van der Waals surface area contributed by atoms with Crippen molar-refractivity contribution in [1.29, 1.82) is 0 Å². The molecule has 1 fully saturated rings. The molecule has 1 rings (SSSR count). The van der Waals surface area contributed by atoms with Gasteiger partial charge in [-0.25, -0.2) is 0 Å². The Kier molecular flexibility index (Phi) is 2.98. The van der Waals surface area contributed by atoms with Crippen LogP contribution >= 0.6 is 0 Å². The Labute approximate surface area is 73.6 Å². The summed E-state index contributed by atoms with van der Waals surface area (Å²) in [7, 11) is 0. The topological polar surface area (TPSA) is 41.1 Å². The maximum atomic E-state index is 5.79. The van der Waals surface area contributed by atoms with Crippen LogP contribution in [0.5, 0.6) is 0 Å². The molecule has 0 aromatic carbocycles. The van der Waals surface area contributed by atoms with Gasteiger partial charge in [0, 0.05) is 0 Å². The lowest BCUT2D eigenvalue weighted by Gasteiger charge is -2.05. The Morgan fingerprint density at radius 1 is 1.75 bits per heavy atom. The van der Waals surface area contributed by atoms with Gasteiger partial charge in [0.05, 0.1) is 12.6 Å². The number of guanidine groups is 1. The molecule has 3 nitrogen and oxygen atoms in total. The first kappa shape index (κ1) is 8.92. The summed E-state index contributed by atoms with van der Waals surface area (Å²) in [5.41, 5.74) is 5.79. The maximum Gasteiger partial charge on any atom is 0.344 e. The van der Waals surface area contributed by atoms with Crippen LogP contribution in [0.4, 0.5) is 0 Å². The van der Waals surface area contributed by atoms with Crippen LogP contribution in [0, 0.1) is 12.3 Å². The fourth-order valence-corrected chi connectivity index (χ4v) is 1.01. The van der Waals surface area contributed by atoms with E-state index in [2.05, 4.69) is 11.2 Å². The van der Waals surface area contributed by atoms with Gasteiger partial charge in [0.15, 0.2) is 0 Å². The van der Waals surface area contributed by atoms with E-state index < -0.39 is 0 Å². The van der Waals surface area contributed by atoms with Crippen LogP contribution in [-0.4, -0.2) is 29.7 Å². The van der Waals surface area contributed by atoms with Gasteiger partial charge in [-0.3, -0.25) is 15.6 Å². The van der Waals surface area contributed by atoms with E-state index in [1.807, 2.05) is 11.5 Å². The molecule has 1 aliphatic carbocycles. The van der Waals surface area contributed by atoms with Crippen molar-refractivity contribution in [3.8, 4) is 12.3 Å². The van der Waals surface area contributed by atoms with Gasteiger partial charge in [-0.05, 0) is 19.8 Å². The summed E-state index contributed by atoms with van der Waals surface area (Å²) in [5, 5.41) is 3.21. The number of nitrogens with zero attached hydrogens (tertiary/aromatic N) is 1. The van der Waals surface area contributed by atoms with Gasteiger partial charge >= 0.3 is 5.96 Å². The number of nitrogens with two attached hydrogens (primary N) is 1. The SMILES string of the molecule is C#CC[N+](CC)=C(N)NC1CC1. The Balaban J connectivity index is 2.49. The van der Waals surface area contributed by atoms with E-state index in [-0.39, 0.29) is 0 Å². The van der Waals surface area contributed by atoms with Crippen LogP contribution in [0.3, 0.4) is 0 Å². The molecule has 1 aliphatic rings. The highest BCUT2D eigenvalue weighted by Gasteiger charge is 2.26. The van der Waals surface area contributed by atoms with Crippen molar-refractivity contribution >= 4 is 5.96 Å². The molecular formula is C9H16N3+. The first-order valence-electron chi connectivity index (χ1n) is 4.35. The normalized spacial score (nSPS) is 18.0. The van der Waals surface area contributed by atoms with Gasteiger partial charge in [0.25, 0.3) is 0 Å². The predicted octanol–water partition coefficient (Wildman–Crippen LogP) is -0.281. The Hall–Kier alpha value is -1.17. The van der Waals surface area contributed by atoms with E-state index in [4.69, 9.17) is 12.2 Å². The van der Waals surface area contributed by atoms with Gasteiger partial charge in [0.2, 0.25) is 0 Å². The van der Waals surface area contributed by atoms with Crippen molar-refractivity contribution in [3.63, 3.8) is 0 Å². The molecule has 12 heavy (non-hydrogen) atoms. The minimum atomic E-state index is 0.585. The largest absolute Gasteiger partial charge is 0.344 e. The van der Waals surface area contributed by atoms with Crippen molar-refractivity contribution < 1.29 is 4.58 Å². The molecule has 0 aliphatic heterocycles. The molecule has 0 spiro atoms. The smallest absolute Gasteiger partial charge is 0.291 e. The highest BCUT2D eigenvalue weighted by atomic mass is 15.2. The number of hydrogen-bond donors (Lipinski definition) is 2. The zero-order valence-electron chi connectivity index (χ0n) is 7.51. The molecule has 66 valence electrons. The van der Waals surface area contributed by atoms with Gasteiger partial charge in [0.1, 0.15) is 6.54 Å². The lowest BCUT2D eigenvalue weighted by atomic mass is 10.5. The van der Waals surface area contributed by atoms with Crippen LogP contribution in [-0.2, 0) is 0 Å². The highest BCUT2D eigenvalue weighted by Crippen LogP contribution is 2.17. The zero-order chi connectivity index (χ0) is 8.97. The first-order chi connectivity index (χ1) is 5.77. The monoisotopic (exact) mass is 166 g/mol. The molecule has 0 bridgehead atoms. The Morgan fingerprint density at radius 2 is 2.42 bits per heavy atom. The fourth-order valence-electron chi connectivity index (χ4n) is 1.01. The molecule has 0 heterocycles. The fraction of sp³-hybridized carbons (Fsp3) is 0.667. The standard InChI is InChI=1S/C9H15N3/c1-3-7-12(4-2)9(10)11-8-5-6-8/h1,8H,4-7H2,2H3,(H2,10,11)/p+1. The lowest BCUT2D eigenvalue weighted by molar-refractivity contribution is -0.514. The molecule has 3 heteroatoms. The van der Waals surface area contributed by atoms with Crippen molar-refractivity contribution in [3.05, 3.63) is 0 Å². The third-order valence-electron chi connectivity index (χ3n) is 1.93. The van der Waals surface area contributed by atoms with E-state index in [0.29, 0.717) is 12.6 Å². The van der Waals surface area contributed by atoms with Crippen molar-refractivity contribution in [2.75, 3.05) is 13.1 Å². The summed E-state index contributed by atoms with van der Waals surface area (Å²) in [5.74, 6) is 3.30. The molecule has 1 saturated carbocycles. The summed E-state index contributed by atoms with van der Waals surface area (Å²) in [6.45, 7) is 3.48. The molecule has 0 atom stereocenters. The second-order valence-electron chi connectivity index (χ2n) is 3.02. The number of rotatable bonds is 3. The summed E-state index contributed by atoms with van der Waals surface area (Å²) in [4.78, 5) is 0. The van der Waals surface area contributed by atoms with Gasteiger partial charge in [-0.1, -0.05) is 5.92 Å². The van der Waals surface area contributed by atoms with Crippen LogP contribution in [0.15, 0.2) is 0 Å². The third kappa shape index (κ3) is 2.46. The lowest BCUT2D eigenvalue weighted by Crippen LogP contribution is -2.42. The van der Waals surface area contributed by atoms with Crippen LogP contribution in [0.25, 0.3) is 0 Å².